The van der Waals surface area contributed by atoms with Gasteiger partial charge in [-0.3, -0.25) is 4.98 Å². The van der Waals surface area contributed by atoms with E-state index >= 15 is 0 Å². The third kappa shape index (κ3) is 3.45. The lowest BCUT2D eigenvalue weighted by Crippen LogP contribution is -2.03. The van der Waals surface area contributed by atoms with Gasteiger partial charge < -0.3 is 15.6 Å². The molecule has 2 aromatic rings. The fraction of sp³-hybridized carbons (Fsp3) is 0.0769. The number of hydrogen-bond acceptors (Lipinski definition) is 4. The lowest BCUT2D eigenvalue weighted by atomic mass is 10.2. The molecule has 0 unspecified atom stereocenters. The molecule has 1 aromatic carbocycles. The van der Waals surface area contributed by atoms with Gasteiger partial charge in [0.25, 0.3) is 0 Å². The van der Waals surface area contributed by atoms with E-state index in [-0.39, 0.29) is 11.3 Å². The Balaban J connectivity index is 2.06. The van der Waals surface area contributed by atoms with Crippen LogP contribution in [0.25, 0.3) is 0 Å². The maximum absolute atomic E-state index is 10.8. The smallest absolute Gasteiger partial charge is 0.337 e. The summed E-state index contributed by atoms with van der Waals surface area (Å²) in [5, 5.41) is 8.86. The van der Waals surface area contributed by atoms with Crippen LogP contribution in [-0.4, -0.2) is 16.1 Å². The van der Waals surface area contributed by atoms with E-state index in [0.717, 1.165) is 10.2 Å². The third-order valence-corrected chi connectivity index (χ3v) is 2.90. The molecule has 2 rings (SSSR count). The summed E-state index contributed by atoms with van der Waals surface area (Å²) < 4.78 is 6.39. The predicted molar refractivity (Wildman–Crippen MR) is 74.1 cm³/mol. The van der Waals surface area contributed by atoms with Gasteiger partial charge in [0.15, 0.2) is 0 Å². The Bertz CT molecular complexity index is 599. The standard InChI is InChI=1S/C13H11BrN2O3/c14-8-1-2-9(16-6-8)7-19-10-3-4-11(13(17)18)12(15)5-10/h1-6H,7,15H2,(H,17,18). The molecule has 0 amide bonds. The maximum atomic E-state index is 10.8. The predicted octanol–water partition coefficient (Wildman–Crippen LogP) is 2.70. The molecule has 0 radical (unpaired) electrons. The second-order valence-corrected chi connectivity index (χ2v) is 4.73. The summed E-state index contributed by atoms with van der Waals surface area (Å²) in [6.07, 6.45) is 1.68. The largest absolute Gasteiger partial charge is 0.487 e. The minimum Gasteiger partial charge on any atom is -0.487 e. The van der Waals surface area contributed by atoms with Crippen LogP contribution >= 0.6 is 15.9 Å². The first kappa shape index (κ1) is 13.4. The van der Waals surface area contributed by atoms with Crippen LogP contribution in [0, 0.1) is 0 Å². The molecule has 19 heavy (non-hydrogen) atoms. The number of ether oxygens (including phenoxy) is 1. The number of pyridine rings is 1. The topological polar surface area (TPSA) is 85.4 Å². The molecule has 5 nitrogen and oxygen atoms in total. The van der Waals surface area contributed by atoms with Crippen LogP contribution in [0.1, 0.15) is 16.1 Å². The Hall–Kier alpha value is -2.08. The minimum absolute atomic E-state index is 0.0640. The van der Waals surface area contributed by atoms with E-state index < -0.39 is 5.97 Å². The summed E-state index contributed by atoms with van der Waals surface area (Å²) in [5.41, 5.74) is 6.63. The zero-order valence-corrected chi connectivity index (χ0v) is 11.4. The number of rotatable bonds is 4. The fourth-order valence-corrected chi connectivity index (χ4v) is 1.71. The number of anilines is 1. The van der Waals surface area contributed by atoms with E-state index in [1.54, 1.807) is 12.3 Å². The van der Waals surface area contributed by atoms with Gasteiger partial charge in [-0.15, -0.1) is 0 Å². The van der Waals surface area contributed by atoms with Crippen molar-refractivity contribution in [2.45, 2.75) is 6.61 Å². The van der Waals surface area contributed by atoms with Gasteiger partial charge in [-0.1, -0.05) is 0 Å². The summed E-state index contributed by atoms with van der Waals surface area (Å²) in [7, 11) is 0. The molecule has 0 saturated carbocycles. The van der Waals surface area contributed by atoms with Gasteiger partial charge in [-0.25, -0.2) is 4.79 Å². The highest BCUT2D eigenvalue weighted by Gasteiger charge is 2.08. The van der Waals surface area contributed by atoms with Crippen LogP contribution < -0.4 is 10.5 Å². The van der Waals surface area contributed by atoms with Crippen LogP contribution in [0.5, 0.6) is 5.75 Å². The van der Waals surface area contributed by atoms with Crippen LogP contribution in [0.2, 0.25) is 0 Å². The van der Waals surface area contributed by atoms with Crippen molar-refractivity contribution in [1.29, 1.82) is 0 Å². The summed E-state index contributed by atoms with van der Waals surface area (Å²) in [6, 6.07) is 8.18. The molecule has 1 aromatic heterocycles. The van der Waals surface area contributed by atoms with E-state index in [9.17, 15) is 4.79 Å². The van der Waals surface area contributed by atoms with Gasteiger partial charge in [-0.05, 0) is 40.2 Å². The fourth-order valence-electron chi connectivity index (χ4n) is 1.47. The first-order chi connectivity index (χ1) is 9.06. The van der Waals surface area contributed by atoms with Crippen LogP contribution in [0.4, 0.5) is 5.69 Å². The number of nitrogens with two attached hydrogens (primary N) is 1. The van der Waals surface area contributed by atoms with Crippen molar-refractivity contribution in [3.63, 3.8) is 0 Å². The number of carboxylic acids is 1. The zero-order chi connectivity index (χ0) is 13.8. The molecular formula is C13H11BrN2O3. The number of nitrogens with zero attached hydrogens (tertiary/aromatic N) is 1. The number of nitrogen functional groups attached to an aromatic ring is 1. The number of aromatic nitrogens is 1. The molecule has 0 spiro atoms. The second kappa shape index (κ2) is 5.71. The molecule has 3 N–H and O–H groups in total. The lowest BCUT2D eigenvalue weighted by molar-refractivity contribution is 0.0698. The summed E-state index contributed by atoms with van der Waals surface area (Å²) >= 11 is 3.30. The third-order valence-electron chi connectivity index (χ3n) is 2.43. The van der Waals surface area contributed by atoms with E-state index in [0.29, 0.717) is 12.4 Å². The van der Waals surface area contributed by atoms with E-state index in [1.807, 2.05) is 12.1 Å². The Labute approximate surface area is 118 Å². The van der Waals surface area contributed by atoms with E-state index in [1.165, 1.54) is 12.1 Å². The average molecular weight is 323 g/mol. The first-order valence-electron chi connectivity index (χ1n) is 5.42. The number of carboxylic acid groups (broad SMARTS) is 1. The molecule has 0 aliphatic carbocycles. The van der Waals surface area contributed by atoms with E-state index in [4.69, 9.17) is 15.6 Å². The van der Waals surface area contributed by atoms with Crippen molar-refractivity contribution in [2.24, 2.45) is 0 Å². The van der Waals surface area contributed by atoms with Crippen LogP contribution in [0.15, 0.2) is 41.0 Å². The maximum Gasteiger partial charge on any atom is 0.337 e. The van der Waals surface area contributed by atoms with Gasteiger partial charge in [0.05, 0.1) is 11.3 Å². The number of carbonyl (C=O) groups is 1. The zero-order valence-electron chi connectivity index (χ0n) is 9.84. The summed E-state index contributed by atoms with van der Waals surface area (Å²) in [5.74, 6) is -0.550. The molecule has 0 atom stereocenters. The highest BCUT2D eigenvalue weighted by molar-refractivity contribution is 9.10. The van der Waals surface area contributed by atoms with Crippen molar-refractivity contribution < 1.29 is 14.6 Å². The van der Waals surface area contributed by atoms with Crippen LogP contribution in [0.3, 0.4) is 0 Å². The molecule has 0 aliphatic heterocycles. The second-order valence-electron chi connectivity index (χ2n) is 3.81. The molecule has 6 heteroatoms. The molecule has 0 aliphatic rings. The van der Waals surface area contributed by atoms with Crippen molar-refractivity contribution >= 4 is 27.6 Å². The summed E-state index contributed by atoms with van der Waals surface area (Å²) in [6.45, 7) is 0.291. The number of hydrogen-bond donors (Lipinski definition) is 2. The molecule has 0 fully saturated rings. The molecule has 1 heterocycles. The Morgan fingerprint density at radius 1 is 1.37 bits per heavy atom. The summed E-state index contributed by atoms with van der Waals surface area (Å²) in [4.78, 5) is 15.0. The van der Waals surface area contributed by atoms with Crippen molar-refractivity contribution in [2.75, 3.05) is 5.73 Å². The van der Waals surface area contributed by atoms with Gasteiger partial charge in [-0.2, -0.15) is 0 Å². The lowest BCUT2D eigenvalue weighted by Gasteiger charge is -2.08. The quantitative estimate of drug-likeness (QED) is 0.845. The normalized spacial score (nSPS) is 10.2. The number of halogens is 1. The van der Waals surface area contributed by atoms with Gasteiger partial charge in [0.1, 0.15) is 12.4 Å². The minimum atomic E-state index is -1.06. The van der Waals surface area contributed by atoms with Crippen molar-refractivity contribution in [3.8, 4) is 5.75 Å². The Kier molecular flexibility index (Phi) is 4.01. The Morgan fingerprint density at radius 3 is 2.74 bits per heavy atom. The van der Waals surface area contributed by atoms with Crippen LogP contribution in [-0.2, 0) is 6.61 Å². The number of benzene rings is 1. The monoisotopic (exact) mass is 322 g/mol. The van der Waals surface area contributed by atoms with Crippen molar-refractivity contribution in [1.82, 2.24) is 4.98 Å². The van der Waals surface area contributed by atoms with Crippen molar-refractivity contribution in [3.05, 3.63) is 52.3 Å². The Morgan fingerprint density at radius 2 is 2.16 bits per heavy atom. The molecule has 98 valence electrons. The van der Waals surface area contributed by atoms with E-state index in [2.05, 4.69) is 20.9 Å². The molecule has 0 saturated heterocycles. The van der Waals surface area contributed by atoms with Gasteiger partial charge >= 0.3 is 5.97 Å². The highest BCUT2D eigenvalue weighted by Crippen LogP contribution is 2.20. The van der Waals surface area contributed by atoms with Gasteiger partial charge in [0.2, 0.25) is 0 Å². The molecular weight excluding hydrogens is 312 g/mol. The average Bonchev–Trinajstić information content (AvgIpc) is 2.37. The molecule has 0 bridgehead atoms. The number of aromatic carboxylic acids is 1. The SMILES string of the molecule is Nc1cc(OCc2ccc(Br)cn2)ccc1C(=O)O. The first-order valence-corrected chi connectivity index (χ1v) is 6.21. The van der Waals surface area contributed by atoms with Gasteiger partial charge in [0, 0.05) is 22.4 Å². The highest BCUT2D eigenvalue weighted by atomic mass is 79.9.